The molecule has 0 saturated heterocycles. The van der Waals surface area contributed by atoms with Crippen molar-refractivity contribution in [3.63, 3.8) is 0 Å². The normalized spacial score (nSPS) is 9.67. The number of hydrogen-bond acceptors (Lipinski definition) is 12. The van der Waals surface area contributed by atoms with E-state index in [0.717, 1.165) is 0 Å². The highest BCUT2D eigenvalue weighted by Gasteiger charge is 2.08. The number of hydrogen-bond donors (Lipinski definition) is 0. The summed E-state index contributed by atoms with van der Waals surface area (Å²) in [7, 11) is 0. The molecule has 0 aliphatic heterocycles. The van der Waals surface area contributed by atoms with Crippen LogP contribution in [0.4, 0.5) is 0 Å². The Morgan fingerprint density at radius 2 is 0.528 bits per heavy atom. The fourth-order valence-corrected chi connectivity index (χ4v) is 2.17. The quantitative estimate of drug-likeness (QED) is 0.112. The molecule has 204 valence electrons. The molecular formula is C24H36O12. The molecule has 0 spiro atoms. The maximum Gasteiger partial charge on any atom is 0.313 e. The predicted molar refractivity (Wildman–Crippen MR) is 123 cm³/mol. The van der Waals surface area contributed by atoms with Gasteiger partial charge < -0.3 is 18.9 Å². The highest BCUT2D eigenvalue weighted by molar-refractivity contribution is 5.95. The number of Topliss-reactive ketones (excluding diaryl/α,β-unsaturated/α-hetero) is 4. The Morgan fingerprint density at radius 1 is 0.361 bits per heavy atom. The minimum absolute atomic E-state index is 0.191. The van der Waals surface area contributed by atoms with E-state index in [9.17, 15) is 38.4 Å². The van der Waals surface area contributed by atoms with Gasteiger partial charge in [0, 0.05) is 0 Å². The molecule has 0 amide bonds. The van der Waals surface area contributed by atoms with Crippen LogP contribution in [-0.4, -0.2) is 73.4 Å². The minimum atomic E-state index is -0.545. The van der Waals surface area contributed by atoms with Crippen LogP contribution in [0.25, 0.3) is 0 Å². The molecule has 0 saturated carbocycles. The molecule has 0 aliphatic carbocycles. The molecule has 0 aromatic carbocycles. The fraction of sp³-hybridized carbons (Fsp3) is 0.667. The summed E-state index contributed by atoms with van der Waals surface area (Å²) in [5, 5.41) is 0. The van der Waals surface area contributed by atoms with Gasteiger partial charge in [-0.25, -0.2) is 0 Å². The maximum absolute atomic E-state index is 10.9. The molecule has 0 aliphatic rings. The highest BCUT2D eigenvalue weighted by Crippen LogP contribution is 1.97. The zero-order valence-corrected chi connectivity index (χ0v) is 21.4. The lowest BCUT2D eigenvalue weighted by atomic mass is 10.3. The Labute approximate surface area is 210 Å². The number of esters is 4. The molecule has 12 heteroatoms. The molecule has 0 atom stereocenters. The second-order valence-corrected chi connectivity index (χ2v) is 7.81. The Bertz CT molecular complexity index is 641. The van der Waals surface area contributed by atoms with Gasteiger partial charge in [0.25, 0.3) is 0 Å². The van der Waals surface area contributed by atoms with E-state index in [-0.39, 0.29) is 75.2 Å². The van der Waals surface area contributed by atoms with Crippen molar-refractivity contribution >= 4 is 47.0 Å². The third-order valence-corrected chi connectivity index (χ3v) is 3.70. The summed E-state index contributed by atoms with van der Waals surface area (Å²) in [6.07, 6.45) is 1.30. The van der Waals surface area contributed by atoms with Crippen molar-refractivity contribution in [2.24, 2.45) is 0 Å². The second kappa shape index (κ2) is 22.1. The topological polar surface area (TPSA) is 173 Å². The molecule has 0 rings (SSSR count). The maximum atomic E-state index is 10.9. The Morgan fingerprint density at radius 3 is 0.667 bits per heavy atom. The van der Waals surface area contributed by atoms with Crippen LogP contribution in [0.2, 0.25) is 0 Å². The van der Waals surface area contributed by atoms with E-state index in [0.29, 0.717) is 25.7 Å². The SMILES string of the molecule is CC(=O)CC(=O)OCCCCOC(=O)CC(C)=O.CC(=O)CC(=O)OCCCCOC(=O)CC(C)=O. The van der Waals surface area contributed by atoms with Crippen LogP contribution in [0.15, 0.2) is 0 Å². The second-order valence-electron chi connectivity index (χ2n) is 7.81. The Balaban J connectivity index is 0. The average Bonchev–Trinajstić information content (AvgIpc) is 2.71. The first-order valence-electron chi connectivity index (χ1n) is 11.4. The van der Waals surface area contributed by atoms with E-state index in [2.05, 4.69) is 0 Å². The number of carbonyl (C=O) groups excluding carboxylic acids is 8. The number of carbonyl (C=O) groups is 8. The lowest BCUT2D eigenvalue weighted by molar-refractivity contribution is -0.148. The lowest BCUT2D eigenvalue weighted by Gasteiger charge is -2.04. The van der Waals surface area contributed by atoms with Crippen molar-refractivity contribution in [2.75, 3.05) is 26.4 Å². The van der Waals surface area contributed by atoms with Gasteiger partial charge in [-0.1, -0.05) is 0 Å². The van der Waals surface area contributed by atoms with Gasteiger partial charge in [-0.05, 0) is 53.4 Å². The predicted octanol–water partition coefficient (Wildman–Crippen LogP) is 1.62. The molecular weight excluding hydrogens is 480 g/mol. The van der Waals surface area contributed by atoms with Gasteiger partial charge in [-0.3, -0.25) is 38.4 Å². The fourth-order valence-electron chi connectivity index (χ4n) is 2.17. The molecule has 0 radical (unpaired) electrons. The van der Waals surface area contributed by atoms with Crippen molar-refractivity contribution in [3.05, 3.63) is 0 Å². The van der Waals surface area contributed by atoms with E-state index in [1.807, 2.05) is 0 Å². The first-order valence-corrected chi connectivity index (χ1v) is 11.4. The van der Waals surface area contributed by atoms with Gasteiger partial charge in [0.05, 0.1) is 26.4 Å². The van der Waals surface area contributed by atoms with Crippen LogP contribution in [0.1, 0.15) is 79.1 Å². The van der Waals surface area contributed by atoms with Gasteiger partial charge in [0.15, 0.2) is 0 Å². The third kappa shape index (κ3) is 28.6. The number of ether oxygens (including phenoxy) is 4. The summed E-state index contributed by atoms with van der Waals surface area (Å²) in [6.45, 7) is 6.02. The molecule has 0 aromatic rings. The lowest BCUT2D eigenvalue weighted by Crippen LogP contribution is -2.12. The van der Waals surface area contributed by atoms with E-state index >= 15 is 0 Å². The van der Waals surface area contributed by atoms with Crippen molar-refractivity contribution in [1.82, 2.24) is 0 Å². The van der Waals surface area contributed by atoms with Crippen LogP contribution in [-0.2, 0) is 57.3 Å². The van der Waals surface area contributed by atoms with Crippen LogP contribution in [0.5, 0.6) is 0 Å². The first-order chi connectivity index (χ1) is 16.8. The summed E-state index contributed by atoms with van der Waals surface area (Å²) in [5.74, 6) is -3.13. The van der Waals surface area contributed by atoms with Crippen LogP contribution in [0.3, 0.4) is 0 Å². The molecule has 0 aromatic heterocycles. The Kier molecular flexibility index (Phi) is 21.3. The monoisotopic (exact) mass is 516 g/mol. The summed E-state index contributed by atoms with van der Waals surface area (Å²) in [4.78, 5) is 86.1. The largest absolute Gasteiger partial charge is 0.465 e. The van der Waals surface area contributed by atoms with Gasteiger partial charge in [0.1, 0.15) is 48.8 Å². The summed E-state index contributed by atoms with van der Waals surface area (Å²) < 4.78 is 19.1. The van der Waals surface area contributed by atoms with Crippen molar-refractivity contribution in [1.29, 1.82) is 0 Å². The number of rotatable bonds is 18. The summed E-state index contributed by atoms with van der Waals surface area (Å²) in [6, 6.07) is 0. The van der Waals surface area contributed by atoms with Crippen LogP contribution < -0.4 is 0 Å². The van der Waals surface area contributed by atoms with E-state index in [4.69, 9.17) is 18.9 Å². The summed E-state index contributed by atoms with van der Waals surface area (Å²) >= 11 is 0. The molecule has 0 N–H and O–H groups in total. The average molecular weight is 517 g/mol. The molecule has 0 bridgehead atoms. The first kappa shape index (κ1) is 34.7. The van der Waals surface area contributed by atoms with Crippen molar-refractivity contribution in [2.45, 2.75) is 79.1 Å². The molecule has 0 heterocycles. The van der Waals surface area contributed by atoms with Gasteiger partial charge in [-0.15, -0.1) is 0 Å². The third-order valence-electron chi connectivity index (χ3n) is 3.70. The van der Waals surface area contributed by atoms with Crippen molar-refractivity contribution in [3.8, 4) is 0 Å². The van der Waals surface area contributed by atoms with Crippen LogP contribution >= 0.6 is 0 Å². The standard InChI is InChI=1S/2C12H18O6/c2*1-9(13)7-11(15)17-5-3-4-6-18-12(16)8-10(2)14/h2*3-8H2,1-2H3. The number of ketones is 4. The van der Waals surface area contributed by atoms with Crippen molar-refractivity contribution < 1.29 is 57.3 Å². The van der Waals surface area contributed by atoms with Gasteiger partial charge >= 0.3 is 23.9 Å². The summed E-state index contributed by atoms with van der Waals surface area (Å²) in [5.41, 5.74) is 0. The minimum Gasteiger partial charge on any atom is -0.465 e. The smallest absolute Gasteiger partial charge is 0.313 e. The van der Waals surface area contributed by atoms with Gasteiger partial charge in [-0.2, -0.15) is 0 Å². The molecule has 36 heavy (non-hydrogen) atoms. The molecule has 0 fully saturated rings. The Hall–Kier alpha value is -3.44. The zero-order chi connectivity index (χ0) is 27.9. The van der Waals surface area contributed by atoms with Gasteiger partial charge in [0.2, 0.25) is 0 Å². The molecule has 0 unspecified atom stereocenters. The van der Waals surface area contributed by atoms with E-state index in [1.165, 1.54) is 27.7 Å². The van der Waals surface area contributed by atoms with E-state index in [1.54, 1.807) is 0 Å². The number of unbranched alkanes of at least 4 members (excludes halogenated alkanes) is 2. The molecule has 12 nitrogen and oxygen atoms in total. The van der Waals surface area contributed by atoms with Crippen LogP contribution in [0, 0.1) is 0 Å². The van der Waals surface area contributed by atoms with E-state index < -0.39 is 23.9 Å². The zero-order valence-electron chi connectivity index (χ0n) is 21.4. The highest BCUT2D eigenvalue weighted by atomic mass is 16.5.